The van der Waals surface area contributed by atoms with E-state index in [1.165, 1.54) is 5.56 Å². The summed E-state index contributed by atoms with van der Waals surface area (Å²) in [6.07, 6.45) is 1.94. The van der Waals surface area contributed by atoms with Crippen LogP contribution in [0.25, 0.3) is 0 Å². The molecular formula is C26H34N4O2. The second-order valence-electron chi connectivity index (χ2n) is 9.72. The summed E-state index contributed by atoms with van der Waals surface area (Å²) < 4.78 is 11.2. The fraction of sp³-hybridized carbons (Fsp3) is 0.462. The van der Waals surface area contributed by atoms with Crippen molar-refractivity contribution < 1.29 is 9.47 Å². The minimum atomic E-state index is -0.897. The third-order valence-electron chi connectivity index (χ3n) is 6.57. The summed E-state index contributed by atoms with van der Waals surface area (Å²) >= 11 is 0. The molecule has 2 aromatic rings. The number of benzene rings is 2. The van der Waals surface area contributed by atoms with Crippen molar-refractivity contribution in [3.8, 4) is 5.75 Å². The monoisotopic (exact) mass is 434 g/mol. The zero-order valence-corrected chi connectivity index (χ0v) is 19.8. The van der Waals surface area contributed by atoms with Crippen LogP contribution in [0.3, 0.4) is 0 Å². The van der Waals surface area contributed by atoms with E-state index in [9.17, 15) is 0 Å². The minimum absolute atomic E-state index is 0.0746. The quantitative estimate of drug-likeness (QED) is 0.794. The molecule has 6 heteroatoms. The second kappa shape index (κ2) is 8.34. The molecule has 0 aromatic heterocycles. The maximum absolute atomic E-state index is 6.73. The Labute approximate surface area is 191 Å². The maximum atomic E-state index is 6.73. The normalized spacial score (nSPS) is 26.6. The number of aliphatic imine (C=N–C) groups is 2. The summed E-state index contributed by atoms with van der Waals surface area (Å²) in [6, 6.07) is 16.5. The van der Waals surface area contributed by atoms with Crippen molar-refractivity contribution in [1.82, 2.24) is 4.90 Å². The van der Waals surface area contributed by atoms with Crippen LogP contribution >= 0.6 is 0 Å². The number of nitrogens with two attached hydrogens (primary N) is 1. The average Bonchev–Trinajstić information content (AvgIpc) is 2.81. The van der Waals surface area contributed by atoms with Crippen molar-refractivity contribution in [3.63, 3.8) is 0 Å². The highest BCUT2D eigenvalue weighted by Crippen LogP contribution is 2.41. The number of methoxy groups -OCH3 is 1. The predicted molar refractivity (Wildman–Crippen MR) is 130 cm³/mol. The molecule has 2 aliphatic heterocycles. The summed E-state index contributed by atoms with van der Waals surface area (Å²) in [7, 11) is 1.67. The van der Waals surface area contributed by atoms with Gasteiger partial charge in [0.15, 0.2) is 0 Å². The van der Waals surface area contributed by atoms with E-state index >= 15 is 0 Å². The lowest BCUT2D eigenvalue weighted by molar-refractivity contribution is -0.0197. The third-order valence-corrected chi connectivity index (χ3v) is 6.57. The minimum Gasteiger partial charge on any atom is -0.496 e. The Bertz CT molecular complexity index is 1020. The van der Waals surface area contributed by atoms with Gasteiger partial charge in [-0.3, -0.25) is 4.90 Å². The molecule has 0 spiro atoms. The van der Waals surface area contributed by atoms with E-state index < -0.39 is 11.2 Å². The molecule has 0 amide bonds. The van der Waals surface area contributed by atoms with Crippen molar-refractivity contribution in [1.29, 1.82) is 0 Å². The Morgan fingerprint density at radius 1 is 1.03 bits per heavy atom. The van der Waals surface area contributed by atoms with E-state index in [1.54, 1.807) is 7.11 Å². The van der Waals surface area contributed by atoms with Gasteiger partial charge < -0.3 is 15.2 Å². The molecule has 1 saturated heterocycles. The molecule has 2 N–H and O–H groups in total. The van der Waals surface area contributed by atoms with Gasteiger partial charge in [0.2, 0.25) is 5.79 Å². The van der Waals surface area contributed by atoms with Crippen molar-refractivity contribution in [2.45, 2.75) is 44.3 Å². The molecule has 0 aliphatic carbocycles. The molecule has 0 saturated carbocycles. The van der Waals surface area contributed by atoms with E-state index in [2.05, 4.69) is 49.9 Å². The van der Waals surface area contributed by atoms with Crippen LogP contribution in [0.1, 0.15) is 44.4 Å². The van der Waals surface area contributed by atoms with Crippen LogP contribution in [0.2, 0.25) is 0 Å². The molecule has 0 bridgehead atoms. The Balaban J connectivity index is 1.81. The summed E-state index contributed by atoms with van der Waals surface area (Å²) in [4.78, 5) is 12.5. The van der Waals surface area contributed by atoms with E-state index in [0.29, 0.717) is 19.0 Å². The molecule has 2 aliphatic rings. The molecule has 2 atom stereocenters. The van der Waals surface area contributed by atoms with Gasteiger partial charge in [-0.15, -0.1) is 0 Å². The summed E-state index contributed by atoms with van der Waals surface area (Å²) in [5.74, 6) is 0.391. The fourth-order valence-electron chi connectivity index (χ4n) is 4.42. The first-order valence-corrected chi connectivity index (χ1v) is 11.2. The Morgan fingerprint density at radius 2 is 1.69 bits per heavy atom. The molecule has 32 heavy (non-hydrogen) atoms. The van der Waals surface area contributed by atoms with Crippen LogP contribution in [0.15, 0.2) is 58.5 Å². The zero-order valence-electron chi connectivity index (χ0n) is 19.8. The molecule has 1 fully saturated rings. The Kier molecular flexibility index (Phi) is 5.86. The number of nitrogens with zero attached hydrogens (tertiary/aromatic N) is 3. The van der Waals surface area contributed by atoms with Crippen LogP contribution in [-0.4, -0.2) is 50.4 Å². The molecule has 2 aromatic carbocycles. The third kappa shape index (κ3) is 3.82. The number of ether oxygens (including phenoxy) is 2. The van der Waals surface area contributed by atoms with Crippen molar-refractivity contribution in [3.05, 3.63) is 65.2 Å². The first-order chi connectivity index (χ1) is 15.2. The van der Waals surface area contributed by atoms with Gasteiger partial charge in [0.25, 0.3) is 0 Å². The summed E-state index contributed by atoms with van der Waals surface area (Å²) in [5.41, 5.74) is 9.38. The van der Waals surface area contributed by atoms with Crippen molar-refractivity contribution in [2.75, 3.05) is 33.4 Å². The first-order valence-electron chi connectivity index (χ1n) is 11.2. The van der Waals surface area contributed by atoms with Gasteiger partial charge in [0, 0.05) is 30.4 Å². The molecule has 0 radical (unpaired) electrons. The van der Waals surface area contributed by atoms with E-state index in [4.69, 9.17) is 25.2 Å². The van der Waals surface area contributed by atoms with Gasteiger partial charge >= 0.3 is 0 Å². The largest absolute Gasteiger partial charge is 0.496 e. The molecule has 170 valence electrons. The summed E-state index contributed by atoms with van der Waals surface area (Å²) in [5, 5.41) is 0. The molecule has 4 rings (SSSR count). The van der Waals surface area contributed by atoms with Crippen molar-refractivity contribution in [2.24, 2.45) is 15.7 Å². The Morgan fingerprint density at radius 3 is 2.28 bits per heavy atom. The molecule has 2 heterocycles. The van der Waals surface area contributed by atoms with E-state index in [-0.39, 0.29) is 5.41 Å². The van der Waals surface area contributed by atoms with Gasteiger partial charge in [-0.25, -0.2) is 9.98 Å². The predicted octanol–water partition coefficient (Wildman–Crippen LogP) is 3.83. The molecule has 6 nitrogen and oxygen atoms in total. The van der Waals surface area contributed by atoms with Crippen LogP contribution in [0.5, 0.6) is 5.75 Å². The standard InChI is InChI=1S/C26H34N4O2/c1-24(2,3)19-10-12-20(13-11-19)26(30-14-16-32-17-15-30)28-18-25(4,23(27)29-26)21-8-6-7-9-22(21)31-5/h6-13,18H,14-17H2,1-5H3,(H2,27,29). The van der Waals surface area contributed by atoms with Gasteiger partial charge in [0.1, 0.15) is 11.6 Å². The zero-order chi connectivity index (χ0) is 23.0. The number of amidine groups is 1. The second-order valence-corrected chi connectivity index (χ2v) is 9.72. The number of para-hydroxylation sites is 1. The number of rotatable bonds is 4. The van der Waals surface area contributed by atoms with Crippen LogP contribution in [0.4, 0.5) is 0 Å². The molecule has 2 unspecified atom stereocenters. The fourth-order valence-corrected chi connectivity index (χ4v) is 4.42. The lowest BCUT2D eigenvalue weighted by Gasteiger charge is -2.44. The maximum Gasteiger partial charge on any atom is 0.235 e. The van der Waals surface area contributed by atoms with Crippen LogP contribution < -0.4 is 10.5 Å². The van der Waals surface area contributed by atoms with Crippen molar-refractivity contribution >= 4 is 12.1 Å². The topological polar surface area (TPSA) is 72.4 Å². The molecular weight excluding hydrogens is 400 g/mol. The highest BCUT2D eigenvalue weighted by molar-refractivity contribution is 6.08. The Hall–Kier alpha value is -2.70. The van der Waals surface area contributed by atoms with E-state index in [1.807, 2.05) is 37.4 Å². The van der Waals surface area contributed by atoms with Gasteiger partial charge in [-0.05, 0) is 24.0 Å². The average molecular weight is 435 g/mol. The first kappa shape index (κ1) is 22.5. The number of morpholine rings is 1. The number of hydrogen-bond acceptors (Lipinski definition) is 6. The van der Waals surface area contributed by atoms with E-state index in [0.717, 1.165) is 30.0 Å². The van der Waals surface area contributed by atoms with Crippen LogP contribution in [0, 0.1) is 0 Å². The van der Waals surface area contributed by atoms with Gasteiger partial charge in [0.05, 0.1) is 25.7 Å². The smallest absolute Gasteiger partial charge is 0.235 e. The number of hydrogen-bond donors (Lipinski definition) is 1. The van der Waals surface area contributed by atoms with Crippen LogP contribution in [-0.2, 0) is 21.4 Å². The van der Waals surface area contributed by atoms with Gasteiger partial charge in [-0.1, -0.05) is 63.2 Å². The highest BCUT2D eigenvalue weighted by atomic mass is 16.5. The lowest BCUT2D eigenvalue weighted by atomic mass is 9.80. The van der Waals surface area contributed by atoms with Gasteiger partial charge in [-0.2, -0.15) is 0 Å². The lowest BCUT2D eigenvalue weighted by Crippen LogP contribution is -2.55. The highest BCUT2D eigenvalue weighted by Gasteiger charge is 2.46. The SMILES string of the molecule is COc1ccccc1C1(C)C=NC(c2ccc(C(C)(C)C)cc2)(N2CCOCC2)N=C1N. The summed E-state index contributed by atoms with van der Waals surface area (Å²) in [6.45, 7) is 11.5.